The second kappa shape index (κ2) is 4.30. The number of hydrogen-bond acceptors (Lipinski definition) is 3. The van der Waals surface area contributed by atoms with Gasteiger partial charge >= 0.3 is 5.97 Å². The van der Waals surface area contributed by atoms with Crippen molar-refractivity contribution in [3.63, 3.8) is 0 Å². The first-order valence-corrected chi connectivity index (χ1v) is 4.56. The van der Waals surface area contributed by atoms with Crippen molar-refractivity contribution in [3.05, 3.63) is 11.1 Å². The summed E-state index contributed by atoms with van der Waals surface area (Å²) >= 11 is 0. The summed E-state index contributed by atoms with van der Waals surface area (Å²) in [4.78, 5) is 10.7. The molecule has 0 aromatic heterocycles. The molecule has 0 saturated heterocycles. The Labute approximate surface area is 83.8 Å². The molecule has 14 heavy (non-hydrogen) atoms. The Balaban J connectivity index is 2.75. The molecular formula is C11H14O3. The largest absolute Gasteiger partial charge is 0.462 e. The van der Waals surface area contributed by atoms with Gasteiger partial charge in [-0.15, -0.1) is 6.42 Å². The highest BCUT2D eigenvalue weighted by molar-refractivity contribution is 5.66. The van der Waals surface area contributed by atoms with Crippen LogP contribution in [0.5, 0.6) is 0 Å². The molecule has 0 fully saturated rings. The average Bonchev–Trinajstić information content (AvgIpc) is 2.10. The maximum Gasteiger partial charge on any atom is 0.302 e. The maximum absolute atomic E-state index is 10.7. The van der Waals surface area contributed by atoms with E-state index in [4.69, 9.17) is 11.2 Å². The molecule has 1 rings (SSSR count). The molecular weight excluding hydrogens is 180 g/mol. The third-order valence-corrected chi connectivity index (χ3v) is 2.40. The van der Waals surface area contributed by atoms with Crippen molar-refractivity contribution in [3.8, 4) is 12.3 Å². The van der Waals surface area contributed by atoms with Gasteiger partial charge in [0.15, 0.2) is 0 Å². The van der Waals surface area contributed by atoms with Crippen LogP contribution in [-0.2, 0) is 9.53 Å². The summed E-state index contributed by atoms with van der Waals surface area (Å²) in [7, 11) is 0. The fourth-order valence-corrected chi connectivity index (χ4v) is 1.60. The Morgan fingerprint density at radius 3 is 2.86 bits per heavy atom. The summed E-state index contributed by atoms with van der Waals surface area (Å²) in [5.41, 5.74) is 1.56. The van der Waals surface area contributed by atoms with Crippen molar-refractivity contribution in [2.24, 2.45) is 0 Å². The van der Waals surface area contributed by atoms with Crippen LogP contribution in [-0.4, -0.2) is 23.3 Å². The number of esters is 1. The molecule has 3 nitrogen and oxygen atoms in total. The van der Waals surface area contributed by atoms with Gasteiger partial charge in [-0.25, -0.2) is 0 Å². The Bertz CT molecular complexity index is 309. The molecule has 0 spiro atoms. The van der Waals surface area contributed by atoms with Crippen molar-refractivity contribution in [1.82, 2.24) is 0 Å². The number of aliphatic hydroxyl groups is 1. The molecule has 1 aliphatic carbocycles. The van der Waals surface area contributed by atoms with Crippen molar-refractivity contribution in [2.45, 2.75) is 38.9 Å². The second-order valence-corrected chi connectivity index (χ2v) is 3.49. The summed E-state index contributed by atoms with van der Waals surface area (Å²) in [6.45, 7) is 3.16. The fraction of sp³-hybridized carbons (Fsp3) is 0.545. The molecule has 0 bridgehead atoms. The van der Waals surface area contributed by atoms with Gasteiger partial charge in [0, 0.05) is 25.3 Å². The van der Waals surface area contributed by atoms with E-state index in [1.165, 1.54) is 6.92 Å². The topological polar surface area (TPSA) is 46.5 Å². The van der Waals surface area contributed by atoms with Crippen LogP contribution >= 0.6 is 0 Å². The van der Waals surface area contributed by atoms with E-state index in [9.17, 15) is 9.90 Å². The molecule has 0 radical (unpaired) electrons. The van der Waals surface area contributed by atoms with E-state index in [0.717, 1.165) is 11.1 Å². The lowest BCUT2D eigenvalue weighted by Crippen LogP contribution is -2.29. The quantitative estimate of drug-likeness (QED) is 0.501. The third kappa shape index (κ3) is 2.36. The number of carbonyl (C=O) groups excluding carboxylic acids is 1. The van der Waals surface area contributed by atoms with E-state index in [0.29, 0.717) is 12.8 Å². The monoisotopic (exact) mass is 194 g/mol. The first kappa shape index (κ1) is 10.8. The highest BCUT2D eigenvalue weighted by Gasteiger charge is 2.26. The van der Waals surface area contributed by atoms with Gasteiger partial charge in [-0.1, -0.05) is 5.92 Å². The molecule has 76 valence electrons. The molecule has 3 heteroatoms. The molecule has 0 amide bonds. The number of rotatable bonds is 1. The standard InChI is InChI=1S/C11H14O3/c1-4-9-5-10(14-8(3)12)6-11(13)7(9)2/h1,10-11,13H,5-6H2,2-3H3. The van der Waals surface area contributed by atoms with Crippen molar-refractivity contribution in [1.29, 1.82) is 0 Å². The fourth-order valence-electron chi connectivity index (χ4n) is 1.60. The van der Waals surface area contributed by atoms with Gasteiger partial charge in [-0.3, -0.25) is 4.79 Å². The zero-order valence-electron chi connectivity index (χ0n) is 8.41. The van der Waals surface area contributed by atoms with Crippen LogP contribution in [0.4, 0.5) is 0 Å². The van der Waals surface area contributed by atoms with Crippen LogP contribution < -0.4 is 0 Å². The molecule has 0 saturated carbocycles. The third-order valence-electron chi connectivity index (χ3n) is 2.40. The molecule has 0 aromatic carbocycles. The van der Waals surface area contributed by atoms with E-state index in [-0.39, 0.29) is 12.1 Å². The zero-order valence-corrected chi connectivity index (χ0v) is 8.41. The first-order chi connectivity index (χ1) is 6.54. The van der Waals surface area contributed by atoms with Crippen molar-refractivity contribution in [2.75, 3.05) is 0 Å². The van der Waals surface area contributed by atoms with Gasteiger partial charge < -0.3 is 9.84 Å². The number of carbonyl (C=O) groups is 1. The predicted molar refractivity (Wildman–Crippen MR) is 52.3 cm³/mol. The van der Waals surface area contributed by atoms with Crippen molar-refractivity contribution >= 4 is 5.97 Å². The molecule has 0 aromatic rings. The van der Waals surface area contributed by atoms with Crippen LogP contribution in [0.15, 0.2) is 11.1 Å². The predicted octanol–water partition coefficient (Wildman–Crippen LogP) is 1.02. The Morgan fingerprint density at radius 2 is 2.36 bits per heavy atom. The minimum Gasteiger partial charge on any atom is -0.462 e. The average molecular weight is 194 g/mol. The number of ether oxygens (including phenoxy) is 1. The summed E-state index contributed by atoms with van der Waals surface area (Å²) in [5.74, 6) is 2.18. The number of hydrogen-bond donors (Lipinski definition) is 1. The smallest absolute Gasteiger partial charge is 0.302 e. The van der Waals surface area contributed by atoms with Gasteiger partial charge in [-0.05, 0) is 12.5 Å². The van der Waals surface area contributed by atoms with Gasteiger partial charge in [0.05, 0.1) is 6.10 Å². The SMILES string of the molecule is C#CC1=C(C)C(O)CC(OC(C)=O)C1. The molecule has 1 aliphatic rings. The number of terminal acetylenes is 1. The molecule has 2 atom stereocenters. The van der Waals surface area contributed by atoms with E-state index < -0.39 is 6.10 Å². The van der Waals surface area contributed by atoms with Crippen LogP contribution in [0.25, 0.3) is 0 Å². The van der Waals surface area contributed by atoms with Gasteiger partial charge in [0.1, 0.15) is 6.10 Å². The summed E-state index contributed by atoms with van der Waals surface area (Å²) in [5, 5.41) is 9.62. The highest BCUT2D eigenvalue weighted by Crippen LogP contribution is 2.26. The van der Waals surface area contributed by atoms with E-state index in [1.54, 1.807) is 0 Å². The minimum atomic E-state index is -0.584. The first-order valence-electron chi connectivity index (χ1n) is 4.56. The Kier molecular flexibility index (Phi) is 3.32. The van der Waals surface area contributed by atoms with E-state index in [2.05, 4.69) is 5.92 Å². The lowest BCUT2D eigenvalue weighted by Gasteiger charge is -2.27. The van der Waals surface area contributed by atoms with E-state index in [1.807, 2.05) is 6.92 Å². The van der Waals surface area contributed by atoms with E-state index >= 15 is 0 Å². The van der Waals surface area contributed by atoms with Gasteiger partial charge in [0.25, 0.3) is 0 Å². The highest BCUT2D eigenvalue weighted by atomic mass is 16.5. The van der Waals surface area contributed by atoms with Crippen LogP contribution in [0.3, 0.4) is 0 Å². The summed E-state index contributed by atoms with van der Waals surface area (Å²) in [6, 6.07) is 0. The molecule has 0 aliphatic heterocycles. The van der Waals surface area contributed by atoms with Crippen LogP contribution in [0.2, 0.25) is 0 Å². The zero-order chi connectivity index (χ0) is 10.7. The van der Waals surface area contributed by atoms with Gasteiger partial charge in [0.2, 0.25) is 0 Å². The lowest BCUT2D eigenvalue weighted by atomic mass is 9.89. The molecule has 1 N–H and O–H groups in total. The summed E-state index contributed by atoms with van der Waals surface area (Å²) in [6.07, 6.45) is 5.41. The Hall–Kier alpha value is -1.27. The van der Waals surface area contributed by atoms with Crippen LogP contribution in [0.1, 0.15) is 26.7 Å². The second-order valence-electron chi connectivity index (χ2n) is 3.49. The van der Waals surface area contributed by atoms with Gasteiger partial charge in [-0.2, -0.15) is 0 Å². The number of aliphatic hydroxyl groups excluding tert-OH is 1. The normalized spacial score (nSPS) is 27.0. The van der Waals surface area contributed by atoms with Crippen LogP contribution in [0, 0.1) is 12.3 Å². The maximum atomic E-state index is 10.7. The van der Waals surface area contributed by atoms with Crippen molar-refractivity contribution < 1.29 is 14.6 Å². The minimum absolute atomic E-state index is 0.280. The summed E-state index contributed by atoms with van der Waals surface area (Å²) < 4.78 is 5.01. The Morgan fingerprint density at radius 1 is 1.71 bits per heavy atom. The molecule has 2 unspecified atom stereocenters. The lowest BCUT2D eigenvalue weighted by molar-refractivity contribution is -0.147. The molecule has 0 heterocycles.